The zero-order valence-corrected chi connectivity index (χ0v) is 11.8. The van der Waals surface area contributed by atoms with E-state index in [9.17, 15) is 22.6 Å². The molecule has 0 bridgehead atoms. The molecule has 0 saturated heterocycles. The number of nitrogen functional groups attached to an aromatic ring is 2. The molecule has 3 rings (SSSR count). The largest absolute Gasteiger partial charge is 0.398 e. The third kappa shape index (κ3) is 1.81. The fourth-order valence-corrected chi connectivity index (χ4v) is 3.31. The summed E-state index contributed by atoms with van der Waals surface area (Å²) in [6.07, 6.45) is 0. The van der Waals surface area contributed by atoms with E-state index in [1.54, 1.807) is 12.1 Å². The number of ketones is 2. The van der Waals surface area contributed by atoms with E-state index in [1.807, 2.05) is 0 Å². The molecule has 0 heterocycles. The lowest BCUT2D eigenvalue weighted by molar-refractivity contribution is 0.0979. The van der Waals surface area contributed by atoms with Gasteiger partial charge in [-0.25, -0.2) is 0 Å². The number of anilines is 2. The SMILES string of the molecule is Nc1cc2c(c(N)c1S(=O)(=O)O)C(=O)c1ccccc1C2=O. The molecule has 7 nitrogen and oxygen atoms in total. The Bertz CT molecular complexity index is 963. The summed E-state index contributed by atoms with van der Waals surface area (Å²) >= 11 is 0. The highest BCUT2D eigenvalue weighted by atomic mass is 32.2. The maximum absolute atomic E-state index is 12.5. The number of carbonyl (C=O) groups is 2. The van der Waals surface area contributed by atoms with Crippen molar-refractivity contribution in [2.75, 3.05) is 11.5 Å². The standard InChI is InChI=1S/C14H10N2O5S/c15-9-5-8-10(11(16)14(9)22(19,20)21)13(18)7-4-2-1-3-6(7)12(8)17/h1-5H,15-16H2,(H,19,20,21). The van der Waals surface area contributed by atoms with Gasteiger partial charge in [0.25, 0.3) is 10.1 Å². The molecule has 8 heteroatoms. The number of nitrogens with two attached hydrogens (primary N) is 2. The summed E-state index contributed by atoms with van der Waals surface area (Å²) in [5.74, 6) is -1.07. The van der Waals surface area contributed by atoms with Crippen molar-refractivity contribution >= 4 is 33.1 Å². The van der Waals surface area contributed by atoms with Gasteiger partial charge in [0.05, 0.1) is 16.9 Å². The molecule has 0 saturated carbocycles. The van der Waals surface area contributed by atoms with Gasteiger partial charge in [0.15, 0.2) is 11.6 Å². The summed E-state index contributed by atoms with van der Waals surface area (Å²) in [5, 5.41) is 0. The van der Waals surface area contributed by atoms with Crippen LogP contribution in [0.5, 0.6) is 0 Å². The van der Waals surface area contributed by atoms with Crippen LogP contribution >= 0.6 is 0 Å². The minimum Gasteiger partial charge on any atom is -0.398 e. The molecule has 0 unspecified atom stereocenters. The predicted octanol–water partition coefficient (Wildman–Crippen LogP) is 0.873. The minimum atomic E-state index is -4.73. The molecule has 22 heavy (non-hydrogen) atoms. The number of benzene rings is 2. The normalized spacial score (nSPS) is 13.7. The Morgan fingerprint density at radius 1 is 0.909 bits per heavy atom. The maximum Gasteiger partial charge on any atom is 0.298 e. The Kier molecular flexibility index (Phi) is 2.84. The van der Waals surface area contributed by atoms with E-state index in [4.69, 9.17) is 11.5 Å². The van der Waals surface area contributed by atoms with Crippen LogP contribution in [0.2, 0.25) is 0 Å². The molecule has 0 atom stereocenters. The number of hydrogen-bond donors (Lipinski definition) is 3. The van der Waals surface area contributed by atoms with Crippen molar-refractivity contribution in [1.29, 1.82) is 0 Å². The molecule has 0 spiro atoms. The van der Waals surface area contributed by atoms with Gasteiger partial charge in [0.1, 0.15) is 4.90 Å². The van der Waals surface area contributed by atoms with E-state index in [1.165, 1.54) is 12.1 Å². The van der Waals surface area contributed by atoms with E-state index >= 15 is 0 Å². The van der Waals surface area contributed by atoms with E-state index in [0.29, 0.717) is 0 Å². The first kappa shape index (κ1) is 14.2. The van der Waals surface area contributed by atoms with Crippen LogP contribution in [-0.2, 0) is 10.1 Å². The van der Waals surface area contributed by atoms with Crippen LogP contribution in [0.1, 0.15) is 31.8 Å². The highest BCUT2D eigenvalue weighted by Gasteiger charge is 2.35. The molecule has 1 aliphatic carbocycles. The molecule has 5 N–H and O–H groups in total. The molecule has 2 aromatic carbocycles. The number of rotatable bonds is 1. The second-order valence-corrected chi connectivity index (χ2v) is 6.17. The Hall–Kier alpha value is -2.71. The van der Waals surface area contributed by atoms with Gasteiger partial charge >= 0.3 is 0 Å². The monoisotopic (exact) mass is 318 g/mol. The lowest BCUT2D eigenvalue weighted by Crippen LogP contribution is -2.24. The van der Waals surface area contributed by atoms with Crippen molar-refractivity contribution < 1.29 is 22.6 Å². The van der Waals surface area contributed by atoms with Crippen molar-refractivity contribution in [2.45, 2.75) is 4.90 Å². The fraction of sp³-hybridized carbons (Fsp3) is 0. The van der Waals surface area contributed by atoms with Crippen LogP contribution in [0, 0.1) is 0 Å². The van der Waals surface area contributed by atoms with Crippen molar-refractivity contribution in [1.82, 2.24) is 0 Å². The van der Waals surface area contributed by atoms with Crippen LogP contribution in [-0.4, -0.2) is 24.5 Å². The summed E-state index contributed by atoms with van der Waals surface area (Å²) in [7, 11) is -4.73. The van der Waals surface area contributed by atoms with E-state index < -0.39 is 32.3 Å². The first-order valence-electron chi connectivity index (χ1n) is 6.11. The molecule has 112 valence electrons. The van der Waals surface area contributed by atoms with Crippen molar-refractivity contribution in [3.63, 3.8) is 0 Å². The molecule has 1 aliphatic rings. The van der Waals surface area contributed by atoms with Gasteiger partial charge in [-0.3, -0.25) is 14.1 Å². The Labute approximate surface area is 125 Å². The molecular formula is C14H10N2O5S. The molecular weight excluding hydrogens is 308 g/mol. The van der Waals surface area contributed by atoms with Crippen LogP contribution < -0.4 is 11.5 Å². The molecule has 0 radical (unpaired) electrons. The van der Waals surface area contributed by atoms with Gasteiger partial charge in [0.2, 0.25) is 0 Å². The second-order valence-electron chi connectivity index (χ2n) is 4.81. The van der Waals surface area contributed by atoms with E-state index in [2.05, 4.69) is 0 Å². The summed E-state index contributed by atoms with van der Waals surface area (Å²) in [5.41, 5.74) is 10.4. The topological polar surface area (TPSA) is 141 Å². The van der Waals surface area contributed by atoms with E-state index in [-0.39, 0.29) is 27.9 Å². The van der Waals surface area contributed by atoms with E-state index in [0.717, 1.165) is 6.07 Å². The van der Waals surface area contributed by atoms with Crippen LogP contribution in [0.25, 0.3) is 0 Å². The predicted molar refractivity (Wildman–Crippen MR) is 78.4 cm³/mol. The average Bonchev–Trinajstić information content (AvgIpc) is 2.42. The third-order valence-corrected chi connectivity index (χ3v) is 4.46. The van der Waals surface area contributed by atoms with Crippen molar-refractivity contribution in [2.24, 2.45) is 0 Å². The number of hydrogen-bond acceptors (Lipinski definition) is 6. The summed E-state index contributed by atoms with van der Waals surface area (Å²) < 4.78 is 32.0. The van der Waals surface area contributed by atoms with Crippen LogP contribution in [0.4, 0.5) is 11.4 Å². The zero-order chi connectivity index (χ0) is 16.2. The van der Waals surface area contributed by atoms with Crippen molar-refractivity contribution in [3.8, 4) is 0 Å². The highest BCUT2D eigenvalue weighted by Crippen LogP contribution is 2.37. The van der Waals surface area contributed by atoms with Crippen LogP contribution in [0.3, 0.4) is 0 Å². The zero-order valence-electron chi connectivity index (χ0n) is 11.0. The third-order valence-electron chi connectivity index (χ3n) is 3.49. The molecule has 0 aliphatic heterocycles. The lowest BCUT2D eigenvalue weighted by Gasteiger charge is -2.21. The van der Waals surface area contributed by atoms with Gasteiger partial charge in [-0.1, -0.05) is 24.3 Å². The first-order valence-corrected chi connectivity index (χ1v) is 7.55. The number of carbonyl (C=O) groups excluding carboxylic acids is 2. The Balaban J connectivity index is 2.42. The van der Waals surface area contributed by atoms with Crippen LogP contribution in [0.15, 0.2) is 35.2 Å². The lowest BCUT2D eigenvalue weighted by atomic mass is 9.83. The Morgan fingerprint density at radius 2 is 1.45 bits per heavy atom. The first-order chi connectivity index (χ1) is 10.2. The molecule has 2 aromatic rings. The highest BCUT2D eigenvalue weighted by molar-refractivity contribution is 7.86. The number of fused-ring (bicyclic) bond motifs is 2. The fourth-order valence-electron chi connectivity index (χ4n) is 2.58. The van der Waals surface area contributed by atoms with Gasteiger partial charge in [0, 0.05) is 16.7 Å². The molecule has 0 fully saturated rings. The smallest absolute Gasteiger partial charge is 0.298 e. The quantitative estimate of drug-likeness (QED) is 0.446. The average molecular weight is 318 g/mol. The summed E-state index contributed by atoms with van der Waals surface area (Å²) in [4.78, 5) is 24.2. The van der Waals surface area contributed by atoms with Gasteiger partial charge in [-0.2, -0.15) is 8.42 Å². The van der Waals surface area contributed by atoms with Crippen molar-refractivity contribution in [3.05, 3.63) is 52.6 Å². The second kappa shape index (κ2) is 4.39. The van der Waals surface area contributed by atoms with Gasteiger partial charge in [-0.15, -0.1) is 0 Å². The van der Waals surface area contributed by atoms with Gasteiger partial charge < -0.3 is 11.5 Å². The Morgan fingerprint density at radius 3 is 2.00 bits per heavy atom. The minimum absolute atomic E-state index is 0.0777. The molecule has 0 aromatic heterocycles. The van der Waals surface area contributed by atoms with Gasteiger partial charge in [-0.05, 0) is 6.07 Å². The maximum atomic E-state index is 12.5. The molecule has 0 amide bonds. The summed E-state index contributed by atoms with van der Waals surface area (Å²) in [6.45, 7) is 0. The summed E-state index contributed by atoms with van der Waals surface area (Å²) in [6, 6.07) is 7.16.